The van der Waals surface area contributed by atoms with Crippen LogP contribution in [0.1, 0.15) is 38.2 Å². The van der Waals surface area contributed by atoms with E-state index in [1.807, 2.05) is 6.92 Å². The van der Waals surface area contributed by atoms with Crippen molar-refractivity contribution in [1.29, 1.82) is 0 Å². The lowest BCUT2D eigenvalue weighted by Crippen LogP contribution is -2.34. The van der Waals surface area contributed by atoms with E-state index in [4.69, 9.17) is 11.6 Å². The quantitative estimate of drug-likeness (QED) is 0.721. The molecule has 2 rings (SSSR count). The average molecular weight is 320 g/mol. The lowest BCUT2D eigenvalue weighted by atomic mass is 10.2. The maximum atomic E-state index is 14.0. The van der Waals surface area contributed by atoms with E-state index in [1.54, 1.807) is 6.07 Å². The summed E-state index contributed by atoms with van der Waals surface area (Å²) in [6, 6.07) is 4.13. The van der Waals surface area contributed by atoms with Crippen LogP contribution in [0.25, 0.3) is 0 Å². The third kappa shape index (κ3) is 3.32. The molecule has 0 bridgehead atoms. The van der Waals surface area contributed by atoms with E-state index in [1.165, 1.54) is 16.4 Å². The van der Waals surface area contributed by atoms with Gasteiger partial charge in [0.05, 0.1) is 0 Å². The van der Waals surface area contributed by atoms with Crippen LogP contribution < -0.4 is 0 Å². The van der Waals surface area contributed by atoms with E-state index in [-0.39, 0.29) is 16.8 Å². The van der Waals surface area contributed by atoms with Gasteiger partial charge in [-0.25, -0.2) is 12.8 Å². The summed E-state index contributed by atoms with van der Waals surface area (Å²) in [5, 5.41) is 0. The van der Waals surface area contributed by atoms with E-state index in [0.29, 0.717) is 12.1 Å². The van der Waals surface area contributed by atoms with Crippen molar-refractivity contribution in [2.24, 2.45) is 0 Å². The SMILES string of the molecule is CCCCN(C1CC1)S(=O)(=O)c1ccc(CCl)cc1F. The Kier molecular flexibility index (Phi) is 5.04. The molecule has 1 aliphatic rings. The van der Waals surface area contributed by atoms with Gasteiger partial charge in [0, 0.05) is 18.5 Å². The summed E-state index contributed by atoms with van der Waals surface area (Å²) in [5.41, 5.74) is 0.578. The number of rotatable bonds is 7. The van der Waals surface area contributed by atoms with E-state index in [2.05, 4.69) is 0 Å². The highest BCUT2D eigenvalue weighted by atomic mass is 35.5. The second-order valence-electron chi connectivity index (χ2n) is 5.10. The first-order chi connectivity index (χ1) is 9.50. The average Bonchev–Trinajstić information content (AvgIpc) is 3.23. The second-order valence-corrected chi connectivity index (χ2v) is 7.23. The Balaban J connectivity index is 2.32. The van der Waals surface area contributed by atoms with E-state index in [9.17, 15) is 12.8 Å². The first-order valence-corrected chi connectivity index (χ1v) is 8.84. The van der Waals surface area contributed by atoms with Gasteiger partial charge < -0.3 is 0 Å². The molecule has 0 atom stereocenters. The van der Waals surface area contributed by atoms with Gasteiger partial charge in [-0.05, 0) is 37.0 Å². The van der Waals surface area contributed by atoms with Crippen molar-refractivity contribution >= 4 is 21.6 Å². The van der Waals surface area contributed by atoms with Gasteiger partial charge in [-0.3, -0.25) is 0 Å². The molecule has 1 fully saturated rings. The second kappa shape index (κ2) is 6.41. The van der Waals surface area contributed by atoms with Crippen molar-refractivity contribution in [3.8, 4) is 0 Å². The Labute approximate surface area is 124 Å². The minimum atomic E-state index is -3.75. The third-order valence-corrected chi connectivity index (χ3v) is 5.72. The van der Waals surface area contributed by atoms with Crippen LogP contribution in [0.4, 0.5) is 4.39 Å². The van der Waals surface area contributed by atoms with E-state index < -0.39 is 15.8 Å². The molecule has 0 saturated heterocycles. The van der Waals surface area contributed by atoms with Gasteiger partial charge in [-0.15, -0.1) is 11.6 Å². The lowest BCUT2D eigenvalue weighted by molar-refractivity contribution is 0.392. The monoisotopic (exact) mass is 319 g/mol. The molecule has 1 aromatic carbocycles. The number of alkyl halides is 1. The third-order valence-electron chi connectivity index (χ3n) is 3.42. The minimum Gasteiger partial charge on any atom is -0.207 e. The number of unbranched alkanes of at least 4 members (excludes halogenated alkanes) is 1. The molecule has 1 aliphatic carbocycles. The zero-order valence-corrected chi connectivity index (χ0v) is 13.1. The summed E-state index contributed by atoms with van der Waals surface area (Å²) in [4.78, 5) is -0.241. The smallest absolute Gasteiger partial charge is 0.207 e. The van der Waals surface area contributed by atoms with Crippen molar-refractivity contribution < 1.29 is 12.8 Å². The predicted octanol–water partition coefficient (Wildman–Crippen LogP) is 3.52. The molecule has 20 heavy (non-hydrogen) atoms. The molecular weight excluding hydrogens is 301 g/mol. The van der Waals surface area contributed by atoms with Gasteiger partial charge in [0.15, 0.2) is 0 Å². The van der Waals surface area contributed by atoms with Crippen molar-refractivity contribution in [2.45, 2.75) is 49.4 Å². The summed E-state index contributed by atoms with van der Waals surface area (Å²) in [6.45, 7) is 2.47. The fraction of sp³-hybridized carbons (Fsp3) is 0.571. The van der Waals surface area contributed by atoms with Crippen LogP contribution >= 0.6 is 11.6 Å². The number of benzene rings is 1. The molecule has 1 saturated carbocycles. The molecule has 0 amide bonds. The molecule has 0 unspecified atom stereocenters. The zero-order valence-electron chi connectivity index (χ0n) is 11.5. The topological polar surface area (TPSA) is 37.4 Å². The van der Waals surface area contributed by atoms with Gasteiger partial charge in [0.2, 0.25) is 10.0 Å². The minimum absolute atomic E-state index is 0.0404. The number of hydrogen-bond acceptors (Lipinski definition) is 2. The van der Waals surface area contributed by atoms with E-state index >= 15 is 0 Å². The lowest BCUT2D eigenvalue weighted by Gasteiger charge is -2.22. The Morgan fingerprint density at radius 3 is 2.60 bits per heavy atom. The van der Waals surface area contributed by atoms with Crippen LogP contribution in [0.15, 0.2) is 23.1 Å². The zero-order chi connectivity index (χ0) is 14.8. The van der Waals surface area contributed by atoms with Gasteiger partial charge in [-0.1, -0.05) is 19.4 Å². The summed E-state index contributed by atoms with van der Waals surface area (Å²) < 4.78 is 40.7. The largest absolute Gasteiger partial charge is 0.246 e. The molecule has 6 heteroatoms. The molecule has 0 heterocycles. The van der Waals surface area contributed by atoms with Gasteiger partial charge in [0.25, 0.3) is 0 Å². The van der Waals surface area contributed by atoms with Gasteiger partial charge in [-0.2, -0.15) is 4.31 Å². The van der Waals surface area contributed by atoms with Crippen LogP contribution in [-0.2, 0) is 15.9 Å². The highest BCUT2D eigenvalue weighted by Crippen LogP contribution is 2.33. The fourth-order valence-corrected chi connectivity index (χ4v) is 4.08. The molecule has 0 radical (unpaired) electrons. The van der Waals surface area contributed by atoms with Crippen LogP contribution in [-0.4, -0.2) is 25.3 Å². The summed E-state index contributed by atoms with van der Waals surface area (Å²) >= 11 is 5.63. The number of halogens is 2. The Bertz CT molecular complexity index is 573. The van der Waals surface area contributed by atoms with Crippen molar-refractivity contribution in [1.82, 2.24) is 4.31 Å². The predicted molar refractivity (Wildman–Crippen MR) is 77.8 cm³/mol. The Hall–Kier alpha value is -0.650. The highest BCUT2D eigenvalue weighted by molar-refractivity contribution is 7.89. The standard InChI is InChI=1S/C14H19ClFNO2S/c1-2-3-8-17(12-5-6-12)20(18,19)14-7-4-11(10-15)9-13(14)16/h4,7,9,12H,2-3,5-6,8,10H2,1H3. The molecule has 1 aromatic rings. The van der Waals surface area contributed by atoms with Crippen LogP contribution in [0.2, 0.25) is 0 Å². The number of nitrogens with zero attached hydrogens (tertiary/aromatic N) is 1. The van der Waals surface area contributed by atoms with E-state index in [0.717, 1.165) is 25.7 Å². The molecule has 3 nitrogen and oxygen atoms in total. The van der Waals surface area contributed by atoms with Crippen LogP contribution in [0.5, 0.6) is 0 Å². The first kappa shape index (κ1) is 15.7. The fourth-order valence-electron chi connectivity index (χ4n) is 2.14. The highest BCUT2D eigenvalue weighted by Gasteiger charge is 2.38. The molecule has 0 aromatic heterocycles. The Morgan fingerprint density at radius 1 is 1.40 bits per heavy atom. The maximum Gasteiger partial charge on any atom is 0.246 e. The summed E-state index contributed by atoms with van der Waals surface area (Å²) in [5.74, 6) is -0.551. The number of sulfonamides is 1. The van der Waals surface area contributed by atoms with Crippen LogP contribution in [0.3, 0.4) is 0 Å². The van der Waals surface area contributed by atoms with Gasteiger partial charge >= 0.3 is 0 Å². The first-order valence-electron chi connectivity index (χ1n) is 6.87. The van der Waals surface area contributed by atoms with Crippen molar-refractivity contribution in [3.05, 3.63) is 29.6 Å². The summed E-state index contributed by atoms with van der Waals surface area (Å²) in [7, 11) is -3.75. The molecular formula is C14H19ClFNO2S. The molecule has 0 aliphatic heterocycles. The number of hydrogen-bond donors (Lipinski definition) is 0. The van der Waals surface area contributed by atoms with Crippen LogP contribution in [0, 0.1) is 5.82 Å². The normalized spacial score (nSPS) is 15.8. The molecule has 112 valence electrons. The Morgan fingerprint density at radius 2 is 2.10 bits per heavy atom. The summed E-state index contributed by atoms with van der Waals surface area (Å²) in [6.07, 6.45) is 3.43. The molecule has 0 spiro atoms. The van der Waals surface area contributed by atoms with Crippen molar-refractivity contribution in [2.75, 3.05) is 6.54 Å². The van der Waals surface area contributed by atoms with Crippen molar-refractivity contribution in [3.63, 3.8) is 0 Å². The maximum absolute atomic E-state index is 14.0. The molecule has 0 N–H and O–H groups in total. The van der Waals surface area contributed by atoms with Gasteiger partial charge in [0.1, 0.15) is 10.7 Å².